The average molecular weight is 556 g/mol. The van der Waals surface area contributed by atoms with Crippen molar-refractivity contribution in [3.8, 4) is 0 Å². The standard InChI is InChI=1S/C30H37NO7S/c1-28-10-7-20(32)13-19(28)3-4-21-22-8-11-30(37,29(22,2)14-23(33)27(21)28)24(34)16-38-26(36)6-5-25(35)31-15-18-9-12-39-17-18/h7,9-10,12-13,17,21-23,27,33,37H,3-6,8,11,14-16H2,1-2H3,(H,31,35). The number of nitrogens with one attached hydrogen (secondary N) is 1. The molecule has 5 rings (SSSR count). The van der Waals surface area contributed by atoms with Crippen LogP contribution in [0.5, 0.6) is 0 Å². The van der Waals surface area contributed by atoms with Crippen LogP contribution < -0.4 is 5.32 Å². The molecule has 0 aromatic carbocycles. The molecule has 1 amide bonds. The molecule has 7 atom stereocenters. The van der Waals surface area contributed by atoms with Gasteiger partial charge in [0.05, 0.1) is 12.5 Å². The van der Waals surface area contributed by atoms with Crippen LogP contribution in [0, 0.1) is 28.6 Å². The zero-order chi connectivity index (χ0) is 28.0. The second kappa shape index (κ2) is 10.4. The molecule has 0 bridgehead atoms. The normalized spacial score (nSPS) is 36.8. The first-order chi connectivity index (χ1) is 18.5. The summed E-state index contributed by atoms with van der Waals surface area (Å²) in [5, 5.41) is 29.8. The van der Waals surface area contributed by atoms with E-state index in [2.05, 4.69) is 12.2 Å². The van der Waals surface area contributed by atoms with Crippen LogP contribution in [0.15, 0.2) is 40.6 Å². The van der Waals surface area contributed by atoms with Crippen molar-refractivity contribution in [2.45, 2.75) is 77.0 Å². The molecule has 0 saturated heterocycles. The van der Waals surface area contributed by atoms with E-state index in [0.717, 1.165) is 24.0 Å². The Hall–Kier alpha value is -2.62. The molecule has 0 radical (unpaired) electrons. The van der Waals surface area contributed by atoms with Gasteiger partial charge in [0.2, 0.25) is 11.7 Å². The summed E-state index contributed by atoms with van der Waals surface area (Å²) in [5.41, 5.74) is -0.952. The summed E-state index contributed by atoms with van der Waals surface area (Å²) in [5.74, 6) is -1.51. The summed E-state index contributed by atoms with van der Waals surface area (Å²) in [6, 6.07) is 1.91. The van der Waals surface area contributed by atoms with Crippen molar-refractivity contribution in [3.63, 3.8) is 0 Å². The Morgan fingerprint density at radius 2 is 2.00 bits per heavy atom. The number of thiophene rings is 1. The van der Waals surface area contributed by atoms with E-state index in [1.807, 2.05) is 29.8 Å². The molecule has 4 aliphatic rings. The number of Topliss-reactive ketones (excluding diaryl/α,β-unsaturated/α-hetero) is 1. The number of aliphatic hydroxyl groups is 2. The third-order valence-electron chi connectivity index (χ3n) is 10.1. The van der Waals surface area contributed by atoms with Gasteiger partial charge in [-0.25, -0.2) is 0 Å². The summed E-state index contributed by atoms with van der Waals surface area (Å²) >= 11 is 1.54. The Bertz CT molecular complexity index is 1220. The lowest BCUT2D eigenvalue weighted by Gasteiger charge is -2.59. The molecule has 1 heterocycles. The van der Waals surface area contributed by atoms with Crippen LogP contribution in [0.25, 0.3) is 0 Å². The van der Waals surface area contributed by atoms with Crippen LogP contribution in [-0.4, -0.2) is 52.0 Å². The molecule has 3 saturated carbocycles. The Labute approximate surface area is 232 Å². The maximum Gasteiger partial charge on any atom is 0.306 e. The molecule has 1 aromatic rings. The lowest BCUT2D eigenvalue weighted by molar-refractivity contribution is -0.181. The summed E-state index contributed by atoms with van der Waals surface area (Å²) < 4.78 is 5.20. The summed E-state index contributed by atoms with van der Waals surface area (Å²) in [6.45, 7) is 3.80. The van der Waals surface area contributed by atoms with Gasteiger partial charge in [0, 0.05) is 29.7 Å². The number of fused-ring (bicyclic) bond motifs is 5. The summed E-state index contributed by atoms with van der Waals surface area (Å²) in [4.78, 5) is 49.7. The highest BCUT2D eigenvalue weighted by atomic mass is 32.1. The van der Waals surface area contributed by atoms with Crippen molar-refractivity contribution < 1.29 is 34.1 Å². The number of hydrogen-bond acceptors (Lipinski definition) is 8. The van der Waals surface area contributed by atoms with Gasteiger partial charge in [0.1, 0.15) is 5.60 Å². The Morgan fingerprint density at radius 3 is 2.74 bits per heavy atom. The van der Waals surface area contributed by atoms with Crippen LogP contribution >= 0.6 is 11.3 Å². The molecular weight excluding hydrogens is 518 g/mol. The lowest BCUT2D eigenvalue weighted by atomic mass is 9.46. The fraction of sp³-hybridized carbons (Fsp3) is 0.600. The van der Waals surface area contributed by atoms with Crippen molar-refractivity contribution in [1.29, 1.82) is 0 Å². The van der Waals surface area contributed by atoms with Crippen molar-refractivity contribution in [2.24, 2.45) is 28.6 Å². The van der Waals surface area contributed by atoms with Gasteiger partial charge in [-0.15, -0.1) is 0 Å². The molecule has 7 unspecified atom stereocenters. The van der Waals surface area contributed by atoms with Gasteiger partial charge >= 0.3 is 5.97 Å². The zero-order valence-electron chi connectivity index (χ0n) is 22.5. The summed E-state index contributed by atoms with van der Waals surface area (Å²) in [6.07, 6.45) is 6.94. The smallest absolute Gasteiger partial charge is 0.306 e. The minimum absolute atomic E-state index is 0.0203. The maximum atomic E-state index is 13.4. The molecule has 3 fully saturated rings. The van der Waals surface area contributed by atoms with E-state index >= 15 is 0 Å². The Kier molecular flexibility index (Phi) is 7.45. The third-order valence-corrected chi connectivity index (χ3v) is 10.8. The number of ether oxygens (including phenoxy) is 1. The number of carbonyl (C=O) groups excluding carboxylic acids is 4. The van der Waals surface area contributed by atoms with Gasteiger partial charge in [-0.1, -0.05) is 25.5 Å². The van der Waals surface area contributed by atoms with Gasteiger partial charge in [-0.2, -0.15) is 11.3 Å². The Morgan fingerprint density at radius 1 is 1.21 bits per heavy atom. The summed E-state index contributed by atoms with van der Waals surface area (Å²) in [7, 11) is 0. The number of allylic oxidation sites excluding steroid dienone is 4. The highest BCUT2D eigenvalue weighted by Crippen LogP contribution is 2.67. The fourth-order valence-electron chi connectivity index (χ4n) is 8.02. The first kappa shape index (κ1) is 27.9. The highest BCUT2D eigenvalue weighted by molar-refractivity contribution is 7.07. The predicted molar refractivity (Wildman–Crippen MR) is 144 cm³/mol. The highest BCUT2D eigenvalue weighted by Gasteiger charge is 2.68. The van der Waals surface area contributed by atoms with E-state index in [1.54, 1.807) is 12.2 Å². The van der Waals surface area contributed by atoms with Gasteiger partial charge in [-0.05, 0) is 78.5 Å². The van der Waals surface area contributed by atoms with E-state index in [9.17, 15) is 29.4 Å². The van der Waals surface area contributed by atoms with Gasteiger partial charge in [0.25, 0.3) is 0 Å². The van der Waals surface area contributed by atoms with E-state index < -0.39 is 40.9 Å². The Balaban J connectivity index is 1.19. The van der Waals surface area contributed by atoms with E-state index in [4.69, 9.17) is 4.74 Å². The van der Waals surface area contributed by atoms with Crippen molar-refractivity contribution in [2.75, 3.05) is 6.61 Å². The minimum Gasteiger partial charge on any atom is -0.458 e. The molecule has 0 aliphatic heterocycles. The van der Waals surface area contributed by atoms with E-state index in [0.29, 0.717) is 13.0 Å². The minimum atomic E-state index is -1.71. The molecule has 9 heteroatoms. The number of carbonyl (C=O) groups is 4. The fourth-order valence-corrected chi connectivity index (χ4v) is 8.69. The molecule has 210 valence electrons. The number of aliphatic hydroxyl groups excluding tert-OH is 1. The van der Waals surface area contributed by atoms with Gasteiger partial charge in [0.15, 0.2) is 12.4 Å². The first-order valence-electron chi connectivity index (χ1n) is 13.8. The molecule has 4 aliphatic carbocycles. The van der Waals surface area contributed by atoms with Crippen LogP contribution in [0.3, 0.4) is 0 Å². The van der Waals surface area contributed by atoms with Crippen LogP contribution in [0.2, 0.25) is 0 Å². The SMILES string of the molecule is CC12C=CC(=O)C=C1CCC1C2C(O)CC2(C)C1CCC2(O)C(=O)COC(=O)CCC(=O)NCc1ccsc1. The predicted octanol–water partition coefficient (Wildman–Crippen LogP) is 3.27. The quantitative estimate of drug-likeness (QED) is 0.420. The maximum absolute atomic E-state index is 13.4. The first-order valence-corrected chi connectivity index (χ1v) is 14.7. The molecule has 3 N–H and O–H groups in total. The number of hydrogen-bond donors (Lipinski definition) is 3. The van der Waals surface area contributed by atoms with Crippen LogP contribution in [-0.2, 0) is 30.5 Å². The molecule has 8 nitrogen and oxygen atoms in total. The number of amides is 1. The van der Waals surface area contributed by atoms with Crippen molar-refractivity contribution >= 4 is 34.8 Å². The molecular formula is C30H37NO7S. The number of ketones is 2. The number of esters is 1. The number of rotatable bonds is 8. The zero-order valence-corrected chi connectivity index (χ0v) is 23.3. The average Bonchev–Trinajstić information content (AvgIpc) is 3.51. The monoisotopic (exact) mass is 555 g/mol. The topological polar surface area (TPSA) is 130 Å². The lowest BCUT2D eigenvalue weighted by Crippen LogP contribution is -2.61. The van der Waals surface area contributed by atoms with Crippen LogP contribution in [0.4, 0.5) is 0 Å². The van der Waals surface area contributed by atoms with Gasteiger partial charge < -0.3 is 20.3 Å². The molecule has 39 heavy (non-hydrogen) atoms. The van der Waals surface area contributed by atoms with Crippen molar-refractivity contribution in [3.05, 3.63) is 46.2 Å². The second-order valence-electron chi connectivity index (χ2n) is 12.1. The van der Waals surface area contributed by atoms with E-state index in [1.165, 1.54) is 11.3 Å². The molecule has 0 spiro atoms. The van der Waals surface area contributed by atoms with Crippen LogP contribution in [0.1, 0.15) is 64.4 Å². The third kappa shape index (κ3) is 4.83. The van der Waals surface area contributed by atoms with E-state index in [-0.39, 0.29) is 55.1 Å². The van der Waals surface area contributed by atoms with Crippen molar-refractivity contribution in [1.82, 2.24) is 5.32 Å². The second-order valence-corrected chi connectivity index (χ2v) is 12.9. The largest absolute Gasteiger partial charge is 0.458 e. The molecule has 1 aromatic heterocycles. The van der Waals surface area contributed by atoms with Gasteiger partial charge in [-0.3, -0.25) is 19.2 Å².